The van der Waals surface area contributed by atoms with Crippen molar-refractivity contribution >= 4 is 11.0 Å². The number of aliphatic hydroxyl groups excluding tert-OH is 4. The van der Waals surface area contributed by atoms with Crippen LogP contribution in [0.15, 0.2) is 45.6 Å². The summed E-state index contributed by atoms with van der Waals surface area (Å²) in [7, 11) is 1.26. The van der Waals surface area contributed by atoms with Gasteiger partial charge in [-0.15, -0.1) is 0 Å². The van der Waals surface area contributed by atoms with Crippen molar-refractivity contribution < 1.29 is 49.3 Å². The van der Waals surface area contributed by atoms with Gasteiger partial charge in [0.2, 0.25) is 12.0 Å². The second-order valence-electron chi connectivity index (χ2n) is 7.47. The second-order valence-corrected chi connectivity index (χ2v) is 7.47. The van der Waals surface area contributed by atoms with Crippen molar-refractivity contribution in [3.63, 3.8) is 0 Å². The monoisotopic (exact) mass is 462 g/mol. The molecule has 3 aromatic rings. The zero-order chi connectivity index (χ0) is 23.9. The molecule has 2 heterocycles. The summed E-state index contributed by atoms with van der Waals surface area (Å²) in [5.41, 5.74) is -0.251. The maximum absolute atomic E-state index is 12.8. The minimum Gasteiger partial charge on any atom is -0.508 e. The van der Waals surface area contributed by atoms with E-state index in [1.807, 2.05) is 0 Å². The average Bonchev–Trinajstić information content (AvgIpc) is 2.80. The van der Waals surface area contributed by atoms with E-state index in [2.05, 4.69) is 0 Å². The maximum Gasteiger partial charge on any atom is 0.229 e. The molecule has 1 aliphatic heterocycles. The first-order valence-electron chi connectivity index (χ1n) is 9.89. The summed E-state index contributed by atoms with van der Waals surface area (Å²) >= 11 is 0. The van der Waals surface area contributed by atoms with Gasteiger partial charge in [0.1, 0.15) is 46.9 Å². The van der Waals surface area contributed by atoms with Gasteiger partial charge in [-0.1, -0.05) is 12.1 Å². The van der Waals surface area contributed by atoms with E-state index in [-0.39, 0.29) is 34.0 Å². The number of aliphatic hydroxyl groups is 4. The molecule has 0 saturated carbocycles. The van der Waals surface area contributed by atoms with Crippen LogP contribution in [-0.4, -0.2) is 75.1 Å². The van der Waals surface area contributed by atoms with E-state index in [1.54, 1.807) is 12.1 Å². The van der Waals surface area contributed by atoms with E-state index in [9.17, 15) is 35.4 Å². The molecule has 2 aromatic carbocycles. The van der Waals surface area contributed by atoms with Crippen LogP contribution in [0.2, 0.25) is 0 Å². The Balaban J connectivity index is 1.78. The van der Waals surface area contributed by atoms with Gasteiger partial charge in [-0.3, -0.25) is 4.79 Å². The minimum absolute atomic E-state index is 0.0287. The number of methoxy groups -OCH3 is 1. The van der Waals surface area contributed by atoms with Gasteiger partial charge in [0.25, 0.3) is 0 Å². The lowest BCUT2D eigenvalue weighted by Gasteiger charge is -2.39. The smallest absolute Gasteiger partial charge is 0.229 e. The molecule has 11 heteroatoms. The number of aromatic hydroxyl groups is 2. The largest absolute Gasteiger partial charge is 0.508 e. The van der Waals surface area contributed by atoms with Crippen molar-refractivity contribution in [2.45, 2.75) is 30.7 Å². The predicted molar refractivity (Wildman–Crippen MR) is 112 cm³/mol. The van der Waals surface area contributed by atoms with Gasteiger partial charge in [0.05, 0.1) is 13.7 Å². The molecule has 0 spiro atoms. The highest BCUT2D eigenvalue weighted by molar-refractivity contribution is 5.89. The number of hydrogen-bond donors (Lipinski definition) is 6. The molecule has 6 N–H and O–H groups in total. The molecule has 1 aromatic heterocycles. The maximum atomic E-state index is 12.8. The number of phenolic OH excluding ortho intramolecular Hbond substituents is 2. The molecule has 0 aliphatic carbocycles. The Morgan fingerprint density at radius 1 is 1.03 bits per heavy atom. The Labute approximate surface area is 186 Å². The number of fused-ring (bicyclic) bond motifs is 1. The van der Waals surface area contributed by atoms with Gasteiger partial charge in [-0.05, 0) is 12.1 Å². The normalized spacial score (nSPS) is 25.2. The van der Waals surface area contributed by atoms with Crippen LogP contribution in [-0.2, 0) is 4.74 Å². The Bertz CT molecular complexity index is 1220. The molecular formula is C22H22O11. The van der Waals surface area contributed by atoms with Gasteiger partial charge in [-0.25, -0.2) is 0 Å². The first kappa shape index (κ1) is 22.8. The highest BCUT2D eigenvalue weighted by Gasteiger charge is 2.45. The summed E-state index contributed by atoms with van der Waals surface area (Å²) in [4.78, 5) is 12.8. The first-order chi connectivity index (χ1) is 15.7. The molecule has 4 rings (SSSR count). The summed E-state index contributed by atoms with van der Waals surface area (Å²) in [5, 5.41) is 59.7. The lowest BCUT2D eigenvalue weighted by molar-refractivity contribution is -0.277. The van der Waals surface area contributed by atoms with Gasteiger partial charge >= 0.3 is 0 Å². The molecule has 1 saturated heterocycles. The third kappa shape index (κ3) is 4.08. The topological polar surface area (TPSA) is 179 Å². The van der Waals surface area contributed by atoms with Crippen molar-refractivity contribution in [1.29, 1.82) is 0 Å². The van der Waals surface area contributed by atoms with Crippen LogP contribution in [0, 0.1) is 0 Å². The molecule has 1 aliphatic rings. The molecule has 11 nitrogen and oxygen atoms in total. The van der Waals surface area contributed by atoms with Crippen LogP contribution in [0.4, 0.5) is 0 Å². The number of hydrogen-bond acceptors (Lipinski definition) is 11. The quantitative estimate of drug-likeness (QED) is 0.302. The number of rotatable bonds is 5. The first-order valence-corrected chi connectivity index (χ1v) is 9.89. The van der Waals surface area contributed by atoms with Crippen molar-refractivity contribution in [1.82, 2.24) is 0 Å². The lowest BCUT2D eigenvalue weighted by atomic mass is 9.99. The third-order valence-corrected chi connectivity index (χ3v) is 5.35. The van der Waals surface area contributed by atoms with Crippen LogP contribution in [0.5, 0.6) is 23.0 Å². The van der Waals surface area contributed by atoms with E-state index >= 15 is 0 Å². The molecule has 1 fully saturated rings. The fourth-order valence-corrected chi connectivity index (χ4v) is 3.61. The summed E-state index contributed by atoms with van der Waals surface area (Å²) < 4.78 is 21.8. The van der Waals surface area contributed by atoms with Crippen LogP contribution < -0.4 is 14.9 Å². The van der Waals surface area contributed by atoms with E-state index in [0.717, 1.165) is 6.07 Å². The van der Waals surface area contributed by atoms with E-state index < -0.39 is 48.5 Å². The van der Waals surface area contributed by atoms with Crippen LogP contribution in [0.25, 0.3) is 22.3 Å². The highest BCUT2D eigenvalue weighted by atomic mass is 16.7. The van der Waals surface area contributed by atoms with E-state index in [1.165, 1.54) is 25.3 Å². The molecule has 33 heavy (non-hydrogen) atoms. The van der Waals surface area contributed by atoms with Gasteiger partial charge in [0, 0.05) is 17.7 Å². The van der Waals surface area contributed by atoms with Gasteiger partial charge in [-0.2, -0.15) is 0 Å². The summed E-state index contributed by atoms with van der Waals surface area (Å²) in [6.45, 7) is -0.674. The fourth-order valence-electron chi connectivity index (χ4n) is 3.61. The molecular weight excluding hydrogens is 440 g/mol. The summed E-state index contributed by atoms with van der Waals surface area (Å²) in [5.74, 6) is -1.04. The average molecular weight is 462 g/mol. The Morgan fingerprint density at radius 3 is 2.45 bits per heavy atom. The lowest BCUT2D eigenvalue weighted by Crippen LogP contribution is -2.60. The number of benzene rings is 2. The summed E-state index contributed by atoms with van der Waals surface area (Å²) in [6, 6.07) is 8.46. The number of ether oxygens (including phenoxy) is 3. The predicted octanol–water partition coefficient (Wildman–Crippen LogP) is 0.0585. The zero-order valence-corrected chi connectivity index (χ0v) is 17.3. The standard InChI is InChI=1S/C22H22O11/c1-30-14-7-13-16(11(25)6-12(31-13)9-3-2-4-10(24)5-9)18(27)21(14)33-22-20(29)19(28)17(26)15(8-23)32-22/h2-7,15,17,19-20,22-24,26-29H,8H2,1H3/t15-,17-,19+,20-,22+/m1/s1. The fraction of sp³-hybridized carbons (Fsp3) is 0.318. The van der Waals surface area contributed by atoms with E-state index in [0.29, 0.717) is 5.56 Å². The minimum atomic E-state index is -1.74. The molecule has 0 amide bonds. The molecule has 0 radical (unpaired) electrons. The third-order valence-electron chi connectivity index (χ3n) is 5.35. The Kier molecular flexibility index (Phi) is 6.15. The van der Waals surface area contributed by atoms with Crippen LogP contribution in [0.3, 0.4) is 0 Å². The van der Waals surface area contributed by atoms with Gasteiger partial charge < -0.3 is 49.3 Å². The van der Waals surface area contributed by atoms with Crippen molar-refractivity contribution in [3.05, 3.63) is 46.6 Å². The van der Waals surface area contributed by atoms with Crippen LogP contribution in [0.1, 0.15) is 0 Å². The van der Waals surface area contributed by atoms with Crippen molar-refractivity contribution in [2.75, 3.05) is 13.7 Å². The Hall–Kier alpha value is -3.35. The highest BCUT2D eigenvalue weighted by Crippen LogP contribution is 2.43. The summed E-state index contributed by atoms with van der Waals surface area (Å²) in [6.07, 6.45) is -7.90. The molecule has 5 atom stereocenters. The van der Waals surface area contributed by atoms with Crippen LogP contribution >= 0.6 is 0 Å². The molecule has 0 bridgehead atoms. The van der Waals surface area contributed by atoms with E-state index in [4.69, 9.17) is 18.6 Å². The SMILES string of the molecule is COc1cc2oc(-c3cccc(O)c3)cc(=O)c2c(O)c1O[C@@H]1O[C@H](CO)[C@@H](O)[C@H](O)[C@H]1O. The van der Waals surface area contributed by atoms with Gasteiger partial charge in [0.15, 0.2) is 16.9 Å². The van der Waals surface area contributed by atoms with Crippen molar-refractivity contribution in [3.8, 4) is 34.3 Å². The number of phenols is 2. The Morgan fingerprint density at radius 2 is 1.79 bits per heavy atom. The molecule has 0 unspecified atom stereocenters. The second kappa shape index (κ2) is 8.89. The molecule has 176 valence electrons. The van der Waals surface area contributed by atoms with Crippen molar-refractivity contribution in [2.24, 2.45) is 0 Å². The zero-order valence-electron chi connectivity index (χ0n) is 17.3.